The lowest BCUT2D eigenvalue weighted by Gasteiger charge is -2.13. The van der Waals surface area contributed by atoms with E-state index in [9.17, 15) is 13.6 Å². The van der Waals surface area contributed by atoms with Gasteiger partial charge in [-0.15, -0.1) is 0 Å². The number of amides is 2. The number of carbonyl (C=O) groups is 1. The Bertz CT molecular complexity index is 871. The number of anilines is 1. The molecule has 0 unspecified atom stereocenters. The Morgan fingerprint density at radius 1 is 1.00 bits per heavy atom. The Hall–Kier alpha value is -3.28. The van der Waals surface area contributed by atoms with Crippen LogP contribution in [0.5, 0.6) is 0 Å². The predicted molar refractivity (Wildman–Crippen MR) is 91.9 cm³/mol. The summed E-state index contributed by atoms with van der Waals surface area (Å²) < 4.78 is 27.8. The molecule has 2 amide bonds. The van der Waals surface area contributed by atoms with E-state index in [1.165, 1.54) is 6.07 Å². The van der Waals surface area contributed by atoms with Crippen molar-refractivity contribution in [3.63, 3.8) is 0 Å². The van der Waals surface area contributed by atoms with Gasteiger partial charge in [-0.3, -0.25) is 4.98 Å². The fourth-order valence-electron chi connectivity index (χ4n) is 2.38. The molecule has 126 valence electrons. The van der Waals surface area contributed by atoms with Crippen molar-refractivity contribution in [3.05, 3.63) is 84.2 Å². The van der Waals surface area contributed by atoms with E-state index in [1.54, 1.807) is 54.7 Å². The second-order valence-corrected chi connectivity index (χ2v) is 5.30. The molecule has 3 aromatic rings. The SMILES string of the molecule is O=C(NCc1ccccn1)Nc1c(F)cc(F)cc1-c1ccccc1. The summed E-state index contributed by atoms with van der Waals surface area (Å²) in [5.41, 5.74) is 1.46. The van der Waals surface area contributed by atoms with E-state index in [1.807, 2.05) is 0 Å². The highest BCUT2D eigenvalue weighted by molar-refractivity contribution is 5.94. The first-order chi connectivity index (χ1) is 12.1. The molecule has 0 aliphatic carbocycles. The highest BCUT2D eigenvalue weighted by Gasteiger charge is 2.15. The lowest BCUT2D eigenvalue weighted by atomic mass is 10.0. The highest BCUT2D eigenvalue weighted by Crippen LogP contribution is 2.31. The third kappa shape index (κ3) is 4.17. The number of benzene rings is 2. The summed E-state index contributed by atoms with van der Waals surface area (Å²) in [7, 11) is 0. The van der Waals surface area contributed by atoms with Gasteiger partial charge in [-0.1, -0.05) is 36.4 Å². The minimum absolute atomic E-state index is 0.0777. The molecule has 1 heterocycles. The molecule has 0 saturated carbocycles. The topological polar surface area (TPSA) is 54.0 Å². The normalized spacial score (nSPS) is 10.3. The zero-order valence-corrected chi connectivity index (χ0v) is 13.2. The van der Waals surface area contributed by atoms with E-state index >= 15 is 0 Å². The van der Waals surface area contributed by atoms with Gasteiger partial charge in [0.1, 0.15) is 11.6 Å². The first-order valence-corrected chi connectivity index (χ1v) is 7.63. The molecule has 4 nitrogen and oxygen atoms in total. The van der Waals surface area contributed by atoms with Crippen LogP contribution in [0.2, 0.25) is 0 Å². The van der Waals surface area contributed by atoms with Crippen molar-refractivity contribution in [2.45, 2.75) is 6.54 Å². The van der Waals surface area contributed by atoms with Gasteiger partial charge >= 0.3 is 6.03 Å². The number of hydrogen-bond acceptors (Lipinski definition) is 2. The number of pyridine rings is 1. The zero-order chi connectivity index (χ0) is 17.6. The van der Waals surface area contributed by atoms with Gasteiger partial charge in [0.2, 0.25) is 0 Å². The quantitative estimate of drug-likeness (QED) is 0.742. The van der Waals surface area contributed by atoms with Crippen LogP contribution < -0.4 is 10.6 Å². The molecule has 3 rings (SSSR count). The summed E-state index contributed by atoms with van der Waals surface area (Å²) in [4.78, 5) is 16.2. The first kappa shape index (κ1) is 16.6. The second-order valence-electron chi connectivity index (χ2n) is 5.30. The van der Waals surface area contributed by atoms with Crippen molar-refractivity contribution in [2.75, 3.05) is 5.32 Å². The lowest BCUT2D eigenvalue weighted by molar-refractivity contribution is 0.251. The van der Waals surface area contributed by atoms with Crippen LogP contribution >= 0.6 is 0 Å². The van der Waals surface area contributed by atoms with Crippen LogP contribution in [0.3, 0.4) is 0 Å². The molecule has 0 aliphatic heterocycles. The zero-order valence-electron chi connectivity index (χ0n) is 13.2. The van der Waals surface area contributed by atoms with Crippen molar-refractivity contribution in [1.82, 2.24) is 10.3 Å². The van der Waals surface area contributed by atoms with Gasteiger partial charge < -0.3 is 10.6 Å². The standard InChI is InChI=1S/C19H15F2N3O/c20-14-10-16(13-6-2-1-3-7-13)18(17(21)11-14)24-19(25)23-12-15-8-4-5-9-22-15/h1-11H,12H2,(H2,23,24,25). The van der Waals surface area contributed by atoms with E-state index in [0.29, 0.717) is 11.3 Å². The molecule has 25 heavy (non-hydrogen) atoms. The second kappa shape index (κ2) is 7.53. The first-order valence-electron chi connectivity index (χ1n) is 7.63. The molecule has 0 fully saturated rings. The molecule has 6 heteroatoms. The van der Waals surface area contributed by atoms with Crippen molar-refractivity contribution in [1.29, 1.82) is 0 Å². The van der Waals surface area contributed by atoms with Gasteiger partial charge in [0, 0.05) is 17.8 Å². The molecule has 0 spiro atoms. The Morgan fingerprint density at radius 2 is 1.76 bits per heavy atom. The van der Waals surface area contributed by atoms with Gasteiger partial charge in [0.15, 0.2) is 0 Å². The smallest absolute Gasteiger partial charge is 0.319 e. The van der Waals surface area contributed by atoms with Gasteiger partial charge in [0.25, 0.3) is 0 Å². The maximum absolute atomic E-state index is 14.2. The van der Waals surface area contributed by atoms with Crippen molar-refractivity contribution < 1.29 is 13.6 Å². The number of nitrogens with zero attached hydrogens (tertiary/aromatic N) is 1. The summed E-state index contributed by atoms with van der Waals surface area (Å²) in [6.07, 6.45) is 1.61. The average Bonchev–Trinajstić information content (AvgIpc) is 2.63. The number of carbonyl (C=O) groups excluding carboxylic acids is 1. The van der Waals surface area contributed by atoms with Gasteiger partial charge in [-0.2, -0.15) is 0 Å². The van der Waals surface area contributed by atoms with Crippen LogP contribution in [0.25, 0.3) is 11.1 Å². The maximum Gasteiger partial charge on any atom is 0.319 e. The monoisotopic (exact) mass is 339 g/mol. The number of nitrogens with one attached hydrogen (secondary N) is 2. The Balaban J connectivity index is 1.81. The van der Waals surface area contributed by atoms with E-state index < -0.39 is 17.7 Å². The molecule has 0 atom stereocenters. The Labute approximate surface area is 143 Å². The third-order valence-corrected chi connectivity index (χ3v) is 3.53. The van der Waals surface area contributed by atoms with E-state index in [2.05, 4.69) is 15.6 Å². The van der Waals surface area contributed by atoms with Crippen LogP contribution in [-0.4, -0.2) is 11.0 Å². The number of halogens is 2. The minimum atomic E-state index is -0.841. The largest absolute Gasteiger partial charge is 0.332 e. The van der Waals surface area contributed by atoms with E-state index in [-0.39, 0.29) is 17.8 Å². The third-order valence-electron chi connectivity index (χ3n) is 3.53. The van der Waals surface area contributed by atoms with Gasteiger partial charge in [-0.05, 0) is 23.8 Å². The number of aromatic nitrogens is 1. The van der Waals surface area contributed by atoms with Crippen molar-refractivity contribution in [2.24, 2.45) is 0 Å². The van der Waals surface area contributed by atoms with Crippen LogP contribution in [-0.2, 0) is 6.54 Å². The van der Waals surface area contributed by atoms with Gasteiger partial charge in [-0.25, -0.2) is 13.6 Å². The van der Waals surface area contributed by atoms with Crippen LogP contribution in [0.4, 0.5) is 19.3 Å². The number of rotatable bonds is 4. The fraction of sp³-hybridized carbons (Fsp3) is 0.0526. The molecule has 2 aromatic carbocycles. The molecule has 0 saturated heterocycles. The summed E-state index contributed by atoms with van der Waals surface area (Å²) in [5, 5.41) is 5.05. The summed E-state index contributed by atoms with van der Waals surface area (Å²) in [6.45, 7) is 0.191. The molecule has 0 bridgehead atoms. The number of hydrogen-bond donors (Lipinski definition) is 2. The molecular formula is C19H15F2N3O. The lowest BCUT2D eigenvalue weighted by Crippen LogP contribution is -2.29. The average molecular weight is 339 g/mol. The van der Waals surface area contributed by atoms with E-state index in [0.717, 1.165) is 6.07 Å². The van der Waals surface area contributed by atoms with Gasteiger partial charge in [0.05, 0.1) is 17.9 Å². The predicted octanol–water partition coefficient (Wildman–Crippen LogP) is 4.35. The summed E-state index contributed by atoms with van der Waals surface area (Å²) in [5.74, 6) is -1.55. The minimum Gasteiger partial charge on any atom is -0.332 e. The van der Waals surface area contributed by atoms with Crippen LogP contribution in [0, 0.1) is 11.6 Å². The van der Waals surface area contributed by atoms with Crippen molar-refractivity contribution in [3.8, 4) is 11.1 Å². The fourth-order valence-corrected chi connectivity index (χ4v) is 2.38. The van der Waals surface area contributed by atoms with Crippen LogP contribution in [0.1, 0.15) is 5.69 Å². The molecule has 2 N–H and O–H groups in total. The Kier molecular flexibility index (Phi) is 4.99. The number of urea groups is 1. The van der Waals surface area contributed by atoms with Crippen LogP contribution in [0.15, 0.2) is 66.9 Å². The highest BCUT2D eigenvalue weighted by atomic mass is 19.1. The summed E-state index contributed by atoms with van der Waals surface area (Å²) in [6, 6.07) is 15.4. The van der Waals surface area contributed by atoms with E-state index in [4.69, 9.17) is 0 Å². The molecule has 1 aromatic heterocycles. The molecule has 0 aliphatic rings. The van der Waals surface area contributed by atoms with Crippen molar-refractivity contribution >= 4 is 11.7 Å². The Morgan fingerprint density at radius 3 is 2.48 bits per heavy atom. The summed E-state index contributed by atoms with van der Waals surface area (Å²) >= 11 is 0. The molecule has 0 radical (unpaired) electrons. The maximum atomic E-state index is 14.2. The molecular weight excluding hydrogens is 324 g/mol.